The molecule has 0 saturated carbocycles. The summed E-state index contributed by atoms with van der Waals surface area (Å²) in [6.07, 6.45) is 0.684. The zero-order chi connectivity index (χ0) is 16.7. The third-order valence-corrected chi connectivity index (χ3v) is 5.68. The van der Waals surface area contributed by atoms with Gasteiger partial charge < -0.3 is 9.84 Å². The number of hydrogen-bond acceptors (Lipinski definition) is 5. The molecule has 1 aromatic carbocycles. The molecule has 0 aliphatic carbocycles. The largest absolute Gasteiger partial charge is 0.359 e. The van der Waals surface area contributed by atoms with Crippen molar-refractivity contribution in [1.29, 1.82) is 0 Å². The lowest BCUT2D eigenvalue weighted by molar-refractivity contribution is -0.131. The predicted octanol–water partition coefficient (Wildman–Crippen LogP) is 2.58. The molecule has 2 fully saturated rings. The van der Waals surface area contributed by atoms with E-state index in [-0.39, 0.29) is 18.5 Å². The van der Waals surface area contributed by atoms with Gasteiger partial charge in [0.05, 0.1) is 6.54 Å². The summed E-state index contributed by atoms with van der Waals surface area (Å²) < 4.78 is 5.33. The lowest BCUT2D eigenvalue weighted by Crippen LogP contribution is -2.46. The van der Waals surface area contributed by atoms with E-state index >= 15 is 0 Å². The Morgan fingerprint density at radius 1 is 1.33 bits per heavy atom. The first-order valence-electron chi connectivity index (χ1n) is 7.82. The summed E-state index contributed by atoms with van der Waals surface area (Å²) in [4.78, 5) is 26.0. The minimum atomic E-state index is -0.721. The van der Waals surface area contributed by atoms with E-state index in [1.54, 1.807) is 17.8 Å². The fourth-order valence-electron chi connectivity index (χ4n) is 3.06. The molecule has 3 heterocycles. The Balaban J connectivity index is 1.53. The molecule has 0 radical (unpaired) electrons. The molecule has 124 valence electrons. The smallest absolute Gasteiger partial charge is 0.325 e. The number of thioether (sulfide) groups is 1. The molecule has 1 aromatic heterocycles. The first kappa shape index (κ1) is 15.3. The van der Waals surface area contributed by atoms with Gasteiger partial charge >= 0.3 is 6.03 Å². The highest BCUT2D eigenvalue weighted by Crippen LogP contribution is 2.34. The van der Waals surface area contributed by atoms with Crippen LogP contribution in [0.15, 0.2) is 34.9 Å². The maximum Gasteiger partial charge on any atom is 0.325 e. The van der Waals surface area contributed by atoms with Gasteiger partial charge in [0.15, 0.2) is 5.76 Å². The van der Waals surface area contributed by atoms with Gasteiger partial charge in [-0.1, -0.05) is 35.0 Å². The number of benzene rings is 1. The Bertz CT molecular complexity index is 794. The van der Waals surface area contributed by atoms with Crippen LogP contribution in [-0.2, 0) is 11.3 Å². The van der Waals surface area contributed by atoms with Gasteiger partial charge in [-0.05, 0) is 19.1 Å². The Morgan fingerprint density at radius 3 is 2.83 bits per heavy atom. The van der Waals surface area contributed by atoms with Crippen molar-refractivity contribution in [3.8, 4) is 11.3 Å². The van der Waals surface area contributed by atoms with Crippen LogP contribution in [0.2, 0.25) is 0 Å². The van der Waals surface area contributed by atoms with Crippen molar-refractivity contribution in [3.05, 3.63) is 41.7 Å². The van der Waals surface area contributed by atoms with Crippen molar-refractivity contribution in [2.24, 2.45) is 0 Å². The van der Waals surface area contributed by atoms with Crippen LogP contribution in [0.25, 0.3) is 11.3 Å². The van der Waals surface area contributed by atoms with Crippen LogP contribution in [0.1, 0.15) is 17.7 Å². The summed E-state index contributed by atoms with van der Waals surface area (Å²) >= 11 is 1.69. The molecule has 6 nitrogen and oxygen atoms in total. The molecule has 24 heavy (non-hydrogen) atoms. The first-order chi connectivity index (χ1) is 11.6. The molecule has 0 bridgehead atoms. The van der Waals surface area contributed by atoms with Gasteiger partial charge in [-0.3, -0.25) is 9.69 Å². The fraction of sp³-hybridized carbons (Fsp3) is 0.353. The van der Waals surface area contributed by atoms with Crippen LogP contribution in [0, 0.1) is 6.92 Å². The Hall–Kier alpha value is -2.28. The van der Waals surface area contributed by atoms with Crippen molar-refractivity contribution in [2.45, 2.75) is 25.4 Å². The highest BCUT2D eigenvalue weighted by molar-refractivity contribution is 7.99. The molecular weight excluding hydrogens is 326 g/mol. The second-order valence-electron chi connectivity index (χ2n) is 6.25. The molecule has 2 saturated heterocycles. The molecule has 1 atom stereocenters. The zero-order valence-corrected chi connectivity index (χ0v) is 14.1. The molecule has 4 rings (SSSR count). The summed E-state index contributed by atoms with van der Waals surface area (Å²) in [6, 6.07) is 9.37. The molecular formula is C17H17N3O3S. The van der Waals surface area contributed by atoms with Crippen molar-refractivity contribution in [1.82, 2.24) is 15.4 Å². The number of aromatic nitrogens is 1. The molecule has 7 heteroatoms. The normalized spacial score (nSPS) is 23.3. The third-order valence-electron chi connectivity index (χ3n) is 4.49. The summed E-state index contributed by atoms with van der Waals surface area (Å²) in [5, 5.41) is 6.90. The maximum atomic E-state index is 12.6. The van der Waals surface area contributed by atoms with Gasteiger partial charge in [0.25, 0.3) is 5.91 Å². The SMILES string of the molecule is Cc1ccc(-c2cc(CN3C(=O)N[C@]4(CCSC4)C3=O)on2)cc1. The van der Waals surface area contributed by atoms with Crippen molar-refractivity contribution < 1.29 is 14.1 Å². The van der Waals surface area contributed by atoms with Gasteiger partial charge in [0.1, 0.15) is 11.2 Å². The number of nitrogens with zero attached hydrogens (tertiary/aromatic N) is 2. The number of nitrogens with one attached hydrogen (secondary N) is 1. The molecule has 3 amide bonds. The minimum absolute atomic E-state index is 0.107. The Labute approximate surface area is 143 Å². The van der Waals surface area contributed by atoms with Crippen LogP contribution < -0.4 is 5.32 Å². The molecule has 2 aliphatic heterocycles. The molecule has 2 aromatic rings. The number of rotatable bonds is 3. The van der Waals surface area contributed by atoms with Gasteiger partial charge in [-0.2, -0.15) is 11.8 Å². The summed E-state index contributed by atoms with van der Waals surface area (Å²) in [6.45, 7) is 2.13. The number of aryl methyl sites for hydroxylation is 1. The Morgan fingerprint density at radius 2 is 2.12 bits per heavy atom. The molecule has 1 spiro atoms. The lowest BCUT2D eigenvalue weighted by atomic mass is 9.99. The predicted molar refractivity (Wildman–Crippen MR) is 90.4 cm³/mol. The van der Waals surface area contributed by atoms with E-state index in [1.807, 2.05) is 31.2 Å². The molecule has 1 N–H and O–H groups in total. The number of carbonyl (C=O) groups excluding carboxylic acids is 2. The van der Waals surface area contributed by atoms with Gasteiger partial charge in [0.2, 0.25) is 0 Å². The third kappa shape index (κ3) is 2.49. The highest BCUT2D eigenvalue weighted by Gasteiger charge is 2.53. The number of imide groups is 1. The number of carbonyl (C=O) groups is 2. The van der Waals surface area contributed by atoms with E-state index in [9.17, 15) is 9.59 Å². The van der Waals surface area contributed by atoms with Crippen LogP contribution in [0.4, 0.5) is 4.79 Å². The first-order valence-corrected chi connectivity index (χ1v) is 8.97. The summed E-state index contributed by atoms with van der Waals surface area (Å²) in [7, 11) is 0. The number of amides is 3. The second-order valence-corrected chi connectivity index (χ2v) is 7.36. The second kappa shape index (κ2) is 5.66. The standard InChI is InChI=1S/C17H17N3O3S/c1-11-2-4-12(5-3-11)14-8-13(23-19-14)9-20-15(21)17(18-16(20)22)6-7-24-10-17/h2-5,8H,6-7,9-10H2,1H3,(H,18,22)/t17-/m0/s1. The van der Waals surface area contributed by atoms with E-state index in [1.165, 1.54) is 10.5 Å². The maximum absolute atomic E-state index is 12.6. The molecule has 0 unspecified atom stereocenters. The van der Waals surface area contributed by atoms with E-state index in [0.29, 0.717) is 23.6 Å². The van der Waals surface area contributed by atoms with Gasteiger partial charge in [-0.25, -0.2) is 4.79 Å². The number of urea groups is 1. The summed E-state index contributed by atoms with van der Waals surface area (Å²) in [5.74, 6) is 1.86. The average Bonchev–Trinajstić information content (AvgIpc) is 3.27. The van der Waals surface area contributed by atoms with Crippen molar-refractivity contribution >= 4 is 23.7 Å². The van der Waals surface area contributed by atoms with Crippen molar-refractivity contribution in [3.63, 3.8) is 0 Å². The van der Waals surface area contributed by atoms with Crippen LogP contribution in [0.3, 0.4) is 0 Å². The van der Waals surface area contributed by atoms with E-state index in [0.717, 1.165) is 11.3 Å². The van der Waals surface area contributed by atoms with Crippen LogP contribution in [-0.4, -0.2) is 39.0 Å². The lowest BCUT2D eigenvalue weighted by Gasteiger charge is -2.18. The van der Waals surface area contributed by atoms with Gasteiger partial charge in [0, 0.05) is 17.4 Å². The quantitative estimate of drug-likeness (QED) is 0.867. The average molecular weight is 343 g/mol. The van der Waals surface area contributed by atoms with E-state index in [2.05, 4.69) is 10.5 Å². The highest BCUT2D eigenvalue weighted by atomic mass is 32.2. The van der Waals surface area contributed by atoms with Crippen molar-refractivity contribution in [2.75, 3.05) is 11.5 Å². The van der Waals surface area contributed by atoms with E-state index < -0.39 is 5.54 Å². The van der Waals surface area contributed by atoms with Crippen LogP contribution in [0.5, 0.6) is 0 Å². The Kier molecular flexibility index (Phi) is 3.60. The topological polar surface area (TPSA) is 75.4 Å². The minimum Gasteiger partial charge on any atom is -0.359 e. The van der Waals surface area contributed by atoms with E-state index in [4.69, 9.17) is 4.52 Å². The zero-order valence-electron chi connectivity index (χ0n) is 13.2. The van der Waals surface area contributed by atoms with Crippen LogP contribution >= 0.6 is 11.8 Å². The molecule has 2 aliphatic rings. The summed E-state index contributed by atoms with van der Waals surface area (Å²) in [5.41, 5.74) is 2.09. The monoisotopic (exact) mass is 343 g/mol. The van der Waals surface area contributed by atoms with Gasteiger partial charge in [-0.15, -0.1) is 0 Å². The number of hydrogen-bond donors (Lipinski definition) is 1. The fourth-order valence-corrected chi connectivity index (χ4v) is 4.38.